The van der Waals surface area contributed by atoms with Crippen molar-refractivity contribution < 1.29 is 37.6 Å². The second kappa shape index (κ2) is 8.95. The van der Waals surface area contributed by atoms with Gasteiger partial charge in [-0.25, -0.2) is 4.79 Å². The fourth-order valence-corrected chi connectivity index (χ4v) is 3.14. The Labute approximate surface area is 181 Å². The van der Waals surface area contributed by atoms with Gasteiger partial charge in [0, 0.05) is 5.69 Å². The third-order valence-corrected chi connectivity index (χ3v) is 4.74. The molecule has 1 aliphatic rings. The highest BCUT2D eigenvalue weighted by Crippen LogP contribution is 2.30. The molecule has 15 heteroatoms. The highest BCUT2D eigenvalue weighted by Gasteiger charge is 2.44. The van der Waals surface area contributed by atoms with Crippen LogP contribution < -0.4 is 22.0 Å². The average molecular weight is 480 g/mol. The van der Waals surface area contributed by atoms with E-state index in [1.54, 1.807) is 0 Å². The predicted molar refractivity (Wildman–Crippen MR) is 105 cm³/mol. The molecule has 1 aliphatic heterocycles. The van der Waals surface area contributed by atoms with Gasteiger partial charge in [-0.3, -0.25) is 14.8 Å². The molecular weight excluding hydrogens is 464 g/mol. The van der Waals surface area contributed by atoms with Crippen molar-refractivity contribution in [3.05, 3.63) is 62.7 Å². The summed E-state index contributed by atoms with van der Waals surface area (Å²) in [4.78, 5) is 24.7. The minimum Gasteiger partial charge on any atom is -0.394 e. The van der Waals surface area contributed by atoms with E-state index >= 15 is 0 Å². The Morgan fingerprint density at radius 3 is 2.31 bits per heavy atom. The number of aliphatic hydroxyl groups excluding tert-OH is 3. The molecule has 2 aromatic rings. The lowest BCUT2D eigenvalue weighted by Crippen LogP contribution is -2.50. The normalized spacial score (nSPS) is 23.2. The van der Waals surface area contributed by atoms with Crippen molar-refractivity contribution in [2.45, 2.75) is 30.7 Å². The zero-order chi connectivity index (χ0) is 23.8. The van der Waals surface area contributed by atoms with Crippen LogP contribution in [0, 0.1) is 5.82 Å². The second-order valence-corrected chi connectivity index (χ2v) is 7.09. The number of hydrogen-bond acceptors (Lipinski definition) is 7. The van der Waals surface area contributed by atoms with E-state index in [0.29, 0.717) is 10.8 Å². The highest BCUT2D eigenvalue weighted by atomic mass is 32.1. The van der Waals surface area contributed by atoms with Crippen LogP contribution in [0.15, 0.2) is 40.1 Å². The first kappa shape index (κ1) is 23.8. The Balaban J connectivity index is 1.85. The zero-order valence-electron chi connectivity index (χ0n) is 15.8. The third kappa shape index (κ3) is 4.66. The summed E-state index contributed by atoms with van der Waals surface area (Å²) in [5.74, 6) is -1.45. The maximum atomic E-state index is 14.2. The molecular formula is C17H16F4N4O6S. The van der Waals surface area contributed by atoms with Crippen LogP contribution in [0.5, 0.6) is 0 Å². The van der Waals surface area contributed by atoms with Crippen LogP contribution in [0.4, 0.5) is 23.2 Å². The second-order valence-electron chi connectivity index (χ2n) is 6.68. The van der Waals surface area contributed by atoms with Gasteiger partial charge >= 0.3 is 17.4 Å². The number of anilines is 1. The largest absolute Gasteiger partial charge is 0.416 e. The zero-order valence-corrected chi connectivity index (χ0v) is 16.6. The standard InChI is InChI=1S/C17H16F4N4O6S/c18-9-5-24(14-12(28)11(27)10(6-26)31-14)16(30)25(13(9)29)23-15(32)22-8-3-1-7(2-4-8)17(19,20)21/h1-5,10-12,14,26-28H,6H2,(H2,22,23,32)/t10-,11-,12-,14-/m1/s1. The Morgan fingerprint density at radius 2 is 1.78 bits per heavy atom. The number of ether oxygens (including phenoxy) is 1. The van der Waals surface area contributed by atoms with Crippen LogP contribution in [0.1, 0.15) is 11.8 Å². The Morgan fingerprint density at radius 1 is 1.16 bits per heavy atom. The molecule has 1 aromatic heterocycles. The maximum absolute atomic E-state index is 14.2. The maximum Gasteiger partial charge on any atom is 0.416 e. The Kier molecular flexibility index (Phi) is 6.66. The molecule has 0 unspecified atom stereocenters. The molecule has 1 aromatic carbocycles. The van der Waals surface area contributed by atoms with E-state index < -0.39 is 65.1 Å². The fraction of sp³-hybridized carbons (Fsp3) is 0.353. The molecule has 0 saturated carbocycles. The first-order valence-electron chi connectivity index (χ1n) is 8.85. The van der Waals surface area contributed by atoms with E-state index in [0.717, 1.165) is 24.3 Å². The number of alkyl halides is 3. The lowest BCUT2D eigenvalue weighted by atomic mass is 10.1. The molecule has 1 saturated heterocycles. The van der Waals surface area contributed by atoms with E-state index in [9.17, 15) is 37.4 Å². The summed E-state index contributed by atoms with van der Waals surface area (Å²) in [6.45, 7) is -0.703. The van der Waals surface area contributed by atoms with Gasteiger partial charge in [-0.05, 0) is 36.5 Å². The number of benzene rings is 1. The molecule has 1 fully saturated rings. The van der Waals surface area contributed by atoms with E-state index in [1.165, 1.54) is 0 Å². The first-order valence-corrected chi connectivity index (χ1v) is 9.26. The number of hydrogen-bond donors (Lipinski definition) is 5. The van der Waals surface area contributed by atoms with Crippen molar-refractivity contribution in [2.75, 3.05) is 17.3 Å². The van der Waals surface area contributed by atoms with E-state index in [1.807, 2.05) is 0 Å². The number of nitrogens with one attached hydrogen (secondary N) is 2. The number of halogens is 4. The fourth-order valence-electron chi connectivity index (χ4n) is 2.94. The van der Waals surface area contributed by atoms with Crippen molar-refractivity contribution in [3.63, 3.8) is 0 Å². The topological polar surface area (TPSA) is 138 Å². The lowest BCUT2D eigenvalue weighted by Gasteiger charge is -2.19. The summed E-state index contributed by atoms with van der Waals surface area (Å²) in [6, 6.07) is 3.63. The quantitative estimate of drug-likeness (QED) is 0.296. The molecule has 0 radical (unpaired) electrons. The minimum absolute atomic E-state index is 0.0729. The van der Waals surface area contributed by atoms with E-state index in [-0.39, 0.29) is 10.4 Å². The van der Waals surface area contributed by atoms with Crippen LogP contribution in [-0.4, -0.2) is 54.6 Å². The molecule has 5 N–H and O–H groups in total. The minimum atomic E-state index is -4.55. The lowest BCUT2D eigenvalue weighted by molar-refractivity contribution is -0.137. The summed E-state index contributed by atoms with van der Waals surface area (Å²) in [5, 5.41) is 31.0. The van der Waals surface area contributed by atoms with Crippen molar-refractivity contribution in [2.24, 2.45) is 0 Å². The van der Waals surface area contributed by atoms with Gasteiger partial charge in [0.25, 0.3) is 0 Å². The SMILES string of the molecule is O=c1c(F)cn([C@@H]2O[C@H](CO)[C@@H](O)[C@H]2O)c(=O)n1NC(=S)Nc1ccc(C(F)(F)F)cc1. The Hall–Kier alpha value is -2.85. The molecule has 0 spiro atoms. The molecule has 2 heterocycles. The monoisotopic (exact) mass is 480 g/mol. The van der Waals surface area contributed by atoms with Gasteiger partial charge < -0.3 is 25.4 Å². The third-order valence-electron chi connectivity index (χ3n) is 4.55. The number of nitrogens with zero attached hydrogens (tertiary/aromatic N) is 2. The van der Waals surface area contributed by atoms with Crippen LogP contribution in [0.3, 0.4) is 0 Å². The van der Waals surface area contributed by atoms with Crippen molar-refractivity contribution >= 4 is 23.0 Å². The van der Waals surface area contributed by atoms with Gasteiger partial charge in [-0.15, -0.1) is 0 Å². The van der Waals surface area contributed by atoms with Crippen LogP contribution in [0.25, 0.3) is 0 Å². The van der Waals surface area contributed by atoms with Crippen molar-refractivity contribution in [1.82, 2.24) is 9.24 Å². The summed E-state index contributed by atoms with van der Waals surface area (Å²) in [6.07, 6.45) is -10.3. The molecule has 32 heavy (non-hydrogen) atoms. The molecule has 0 aliphatic carbocycles. The van der Waals surface area contributed by atoms with Gasteiger partial charge in [0.2, 0.25) is 5.82 Å². The summed E-state index contributed by atoms with van der Waals surface area (Å²) in [7, 11) is 0. The summed E-state index contributed by atoms with van der Waals surface area (Å²) >= 11 is 4.92. The molecule has 0 bridgehead atoms. The number of rotatable bonds is 4. The van der Waals surface area contributed by atoms with E-state index in [4.69, 9.17) is 22.1 Å². The van der Waals surface area contributed by atoms with Crippen LogP contribution in [0.2, 0.25) is 0 Å². The predicted octanol–water partition coefficient (Wildman–Crippen LogP) is -0.280. The van der Waals surface area contributed by atoms with Crippen LogP contribution >= 0.6 is 12.2 Å². The highest BCUT2D eigenvalue weighted by molar-refractivity contribution is 7.80. The number of thiocarbonyl (C=S) groups is 1. The van der Waals surface area contributed by atoms with Gasteiger partial charge in [0.15, 0.2) is 11.3 Å². The summed E-state index contributed by atoms with van der Waals surface area (Å²) < 4.78 is 57.8. The average Bonchev–Trinajstić information content (AvgIpc) is 3.02. The number of aromatic nitrogens is 2. The van der Waals surface area contributed by atoms with E-state index in [2.05, 4.69) is 10.7 Å². The summed E-state index contributed by atoms with van der Waals surface area (Å²) in [5.41, 5.74) is -1.43. The van der Waals surface area contributed by atoms with Crippen LogP contribution in [-0.2, 0) is 10.9 Å². The van der Waals surface area contributed by atoms with Gasteiger partial charge in [0.05, 0.1) is 18.4 Å². The molecule has 4 atom stereocenters. The smallest absolute Gasteiger partial charge is 0.394 e. The molecule has 0 amide bonds. The molecule has 3 rings (SSSR count). The first-order chi connectivity index (χ1) is 14.9. The Bertz CT molecular complexity index is 1120. The van der Waals surface area contributed by atoms with Crippen molar-refractivity contribution in [1.29, 1.82) is 0 Å². The van der Waals surface area contributed by atoms with Gasteiger partial charge in [0.1, 0.15) is 18.3 Å². The van der Waals surface area contributed by atoms with Gasteiger partial charge in [-0.1, -0.05) is 0 Å². The molecule has 174 valence electrons. The number of aliphatic hydroxyl groups is 3. The van der Waals surface area contributed by atoms with Crippen molar-refractivity contribution in [3.8, 4) is 0 Å². The van der Waals surface area contributed by atoms with Gasteiger partial charge in [-0.2, -0.15) is 22.2 Å². The molecule has 10 nitrogen and oxygen atoms in total.